The molecule has 0 aliphatic carbocycles. The fraction of sp³-hybridized carbons (Fsp3) is 0.524. The summed E-state index contributed by atoms with van der Waals surface area (Å²) in [5.74, 6) is 0.673. The first-order valence-corrected chi connectivity index (χ1v) is 9.31. The number of nitrogens with zero attached hydrogens (tertiary/aromatic N) is 2. The van der Waals surface area contributed by atoms with Crippen LogP contribution in [0.3, 0.4) is 0 Å². The predicted octanol–water partition coefficient (Wildman–Crippen LogP) is 3.46. The van der Waals surface area contributed by atoms with E-state index in [-0.39, 0.29) is 17.7 Å². The van der Waals surface area contributed by atoms with Crippen molar-refractivity contribution in [1.82, 2.24) is 9.80 Å². The lowest BCUT2D eigenvalue weighted by atomic mass is 9.97. The van der Waals surface area contributed by atoms with Crippen molar-refractivity contribution in [3.63, 3.8) is 0 Å². The monoisotopic (exact) mass is 340 g/mol. The summed E-state index contributed by atoms with van der Waals surface area (Å²) < 4.78 is 0. The van der Waals surface area contributed by atoms with Crippen LogP contribution in [0.1, 0.15) is 44.7 Å². The SMILES string of the molecule is Cc1ccc(C2=C(N3CCC(C)CC3)C(=O)N(CC(C)C)C2=O)cc1. The quantitative estimate of drug-likeness (QED) is 0.788. The first kappa shape index (κ1) is 17.7. The van der Waals surface area contributed by atoms with Gasteiger partial charge in [0.2, 0.25) is 0 Å². The highest BCUT2D eigenvalue weighted by Gasteiger charge is 2.42. The molecule has 0 atom stereocenters. The van der Waals surface area contributed by atoms with Crippen LogP contribution in [-0.2, 0) is 9.59 Å². The summed E-state index contributed by atoms with van der Waals surface area (Å²) in [6.45, 7) is 10.5. The lowest BCUT2D eigenvalue weighted by molar-refractivity contribution is -0.138. The van der Waals surface area contributed by atoms with Crippen molar-refractivity contribution < 1.29 is 9.59 Å². The summed E-state index contributed by atoms with van der Waals surface area (Å²) in [5, 5.41) is 0. The van der Waals surface area contributed by atoms with E-state index < -0.39 is 0 Å². The van der Waals surface area contributed by atoms with E-state index in [1.165, 1.54) is 4.90 Å². The summed E-state index contributed by atoms with van der Waals surface area (Å²) in [6.07, 6.45) is 2.13. The molecule has 1 aromatic rings. The van der Waals surface area contributed by atoms with Crippen molar-refractivity contribution in [1.29, 1.82) is 0 Å². The highest BCUT2D eigenvalue weighted by molar-refractivity contribution is 6.35. The molecule has 1 saturated heterocycles. The summed E-state index contributed by atoms with van der Waals surface area (Å²) in [7, 11) is 0. The summed E-state index contributed by atoms with van der Waals surface area (Å²) >= 11 is 0. The molecule has 0 spiro atoms. The molecule has 2 amide bonds. The number of carbonyl (C=O) groups excluding carboxylic acids is 2. The second-order valence-corrected chi connectivity index (χ2v) is 7.87. The third-order valence-corrected chi connectivity index (χ3v) is 5.13. The van der Waals surface area contributed by atoms with E-state index >= 15 is 0 Å². The van der Waals surface area contributed by atoms with Crippen LogP contribution in [0.5, 0.6) is 0 Å². The smallest absolute Gasteiger partial charge is 0.277 e. The molecule has 0 saturated carbocycles. The number of piperidine rings is 1. The van der Waals surface area contributed by atoms with Gasteiger partial charge in [0.15, 0.2) is 0 Å². The Morgan fingerprint density at radius 1 is 1.04 bits per heavy atom. The molecule has 4 nitrogen and oxygen atoms in total. The molecule has 0 N–H and O–H groups in total. The molecule has 4 heteroatoms. The van der Waals surface area contributed by atoms with Crippen molar-refractivity contribution in [3.8, 4) is 0 Å². The molecule has 3 rings (SSSR count). The van der Waals surface area contributed by atoms with Crippen molar-refractivity contribution in [3.05, 3.63) is 41.1 Å². The second kappa shape index (κ2) is 7.03. The Labute approximate surface area is 150 Å². The molecule has 0 unspecified atom stereocenters. The Balaban J connectivity index is 2.02. The van der Waals surface area contributed by atoms with Crippen LogP contribution in [0.15, 0.2) is 30.0 Å². The van der Waals surface area contributed by atoms with Crippen LogP contribution in [0, 0.1) is 18.8 Å². The molecule has 2 heterocycles. The summed E-state index contributed by atoms with van der Waals surface area (Å²) in [4.78, 5) is 29.7. The molecule has 1 fully saturated rings. The molecule has 0 radical (unpaired) electrons. The highest BCUT2D eigenvalue weighted by atomic mass is 16.2. The van der Waals surface area contributed by atoms with Crippen LogP contribution in [0.2, 0.25) is 0 Å². The first-order valence-electron chi connectivity index (χ1n) is 9.31. The molecule has 2 aliphatic rings. The van der Waals surface area contributed by atoms with Crippen molar-refractivity contribution in [2.75, 3.05) is 19.6 Å². The van der Waals surface area contributed by atoms with Crippen LogP contribution >= 0.6 is 0 Å². The average molecular weight is 340 g/mol. The number of carbonyl (C=O) groups is 2. The Hall–Kier alpha value is -2.10. The van der Waals surface area contributed by atoms with Crippen molar-refractivity contribution in [2.45, 2.75) is 40.5 Å². The number of benzene rings is 1. The predicted molar refractivity (Wildman–Crippen MR) is 99.6 cm³/mol. The Morgan fingerprint density at radius 2 is 1.64 bits per heavy atom. The maximum atomic E-state index is 13.1. The topological polar surface area (TPSA) is 40.6 Å². The lowest BCUT2D eigenvalue weighted by Gasteiger charge is -2.32. The summed E-state index contributed by atoms with van der Waals surface area (Å²) in [6, 6.07) is 7.92. The molecule has 25 heavy (non-hydrogen) atoms. The van der Waals surface area contributed by atoms with E-state index in [1.807, 2.05) is 45.0 Å². The van der Waals surface area contributed by atoms with Crippen molar-refractivity contribution in [2.24, 2.45) is 11.8 Å². The van der Waals surface area contributed by atoms with Gasteiger partial charge in [-0.25, -0.2) is 0 Å². The average Bonchev–Trinajstić information content (AvgIpc) is 2.81. The van der Waals surface area contributed by atoms with Gasteiger partial charge < -0.3 is 4.90 Å². The van der Waals surface area contributed by atoms with Crippen LogP contribution in [0.25, 0.3) is 5.57 Å². The fourth-order valence-corrected chi connectivity index (χ4v) is 3.60. The fourth-order valence-electron chi connectivity index (χ4n) is 3.60. The van der Waals surface area contributed by atoms with Crippen LogP contribution in [-0.4, -0.2) is 41.2 Å². The van der Waals surface area contributed by atoms with Gasteiger partial charge in [-0.1, -0.05) is 50.6 Å². The van der Waals surface area contributed by atoms with E-state index in [9.17, 15) is 9.59 Å². The van der Waals surface area contributed by atoms with Gasteiger partial charge in [0.1, 0.15) is 5.70 Å². The van der Waals surface area contributed by atoms with Crippen molar-refractivity contribution >= 4 is 17.4 Å². The maximum absolute atomic E-state index is 13.1. The van der Waals surface area contributed by atoms with Gasteiger partial charge in [-0.05, 0) is 37.2 Å². The van der Waals surface area contributed by atoms with E-state index in [1.54, 1.807) is 0 Å². The summed E-state index contributed by atoms with van der Waals surface area (Å²) in [5.41, 5.74) is 3.19. The number of likely N-dealkylation sites (tertiary alicyclic amines) is 1. The van der Waals surface area contributed by atoms with Crippen LogP contribution in [0.4, 0.5) is 0 Å². The molecular formula is C21H28N2O2. The minimum absolute atomic E-state index is 0.121. The van der Waals surface area contributed by atoms with Gasteiger partial charge in [0.25, 0.3) is 11.8 Å². The maximum Gasteiger partial charge on any atom is 0.277 e. The first-order chi connectivity index (χ1) is 11.9. The van der Waals surface area contributed by atoms with E-state index in [4.69, 9.17) is 0 Å². The minimum Gasteiger partial charge on any atom is -0.366 e. The van der Waals surface area contributed by atoms with Gasteiger partial charge in [-0.15, -0.1) is 0 Å². The highest BCUT2D eigenvalue weighted by Crippen LogP contribution is 2.34. The lowest BCUT2D eigenvalue weighted by Crippen LogP contribution is -2.39. The zero-order valence-corrected chi connectivity index (χ0v) is 15.7. The van der Waals surface area contributed by atoms with E-state index in [0.717, 1.165) is 37.1 Å². The number of amides is 2. The Morgan fingerprint density at radius 3 is 2.20 bits per heavy atom. The zero-order valence-electron chi connectivity index (χ0n) is 15.7. The largest absolute Gasteiger partial charge is 0.366 e. The van der Waals surface area contributed by atoms with Crippen LogP contribution < -0.4 is 0 Å². The molecule has 2 aliphatic heterocycles. The molecule has 0 aromatic heterocycles. The number of aryl methyl sites for hydroxylation is 1. The van der Waals surface area contributed by atoms with Gasteiger partial charge in [0, 0.05) is 19.6 Å². The Kier molecular flexibility index (Phi) is 4.98. The molecular weight excluding hydrogens is 312 g/mol. The number of hydrogen-bond acceptors (Lipinski definition) is 3. The van der Waals surface area contributed by atoms with Gasteiger partial charge in [0.05, 0.1) is 5.57 Å². The number of rotatable bonds is 4. The van der Waals surface area contributed by atoms with Gasteiger partial charge >= 0.3 is 0 Å². The number of imide groups is 1. The zero-order chi connectivity index (χ0) is 18.1. The normalized spacial score (nSPS) is 19.6. The molecule has 1 aromatic carbocycles. The standard InChI is InChI=1S/C21H28N2O2/c1-14(2)13-23-20(24)18(17-7-5-15(3)6-8-17)19(21(23)25)22-11-9-16(4)10-12-22/h5-8,14,16H,9-13H2,1-4H3. The minimum atomic E-state index is -0.142. The number of hydrogen-bond donors (Lipinski definition) is 0. The van der Waals surface area contributed by atoms with Gasteiger partial charge in [-0.2, -0.15) is 0 Å². The third-order valence-electron chi connectivity index (χ3n) is 5.13. The van der Waals surface area contributed by atoms with E-state index in [0.29, 0.717) is 23.7 Å². The second-order valence-electron chi connectivity index (χ2n) is 7.87. The Bertz CT molecular complexity index is 695. The third kappa shape index (κ3) is 3.48. The molecule has 0 bridgehead atoms. The van der Waals surface area contributed by atoms with E-state index in [2.05, 4.69) is 11.8 Å². The van der Waals surface area contributed by atoms with Gasteiger partial charge in [-0.3, -0.25) is 14.5 Å². The molecule has 134 valence electrons.